The van der Waals surface area contributed by atoms with Gasteiger partial charge in [0.15, 0.2) is 0 Å². The quantitative estimate of drug-likeness (QED) is 0.882. The zero-order valence-electron chi connectivity index (χ0n) is 13.5. The van der Waals surface area contributed by atoms with Gasteiger partial charge >= 0.3 is 0 Å². The molecule has 0 aliphatic carbocycles. The second-order valence-electron chi connectivity index (χ2n) is 5.74. The molecular formula is C17H22N4O2. The van der Waals surface area contributed by atoms with Crippen molar-refractivity contribution in [2.45, 2.75) is 12.8 Å². The fraction of sp³-hybridized carbons (Fsp3) is 0.412. The van der Waals surface area contributed by atoms with Crippen molar-refractivity contribution >= 4 is 11.6 Å². The monoisotopic (exact) mass is 314 g/mol. The van der Waals surface area contributed by atoms with Crippen LogP contribution in [0.1, 0.15) is 18.4 Å². The number of nitrogens with zero attached hydrogens (tertiary/aromatic N) is 2. The summed E-state index contributed by atoms with van der Waals surface area (Å²) in [6.45, 7) is 3.95. The molecule has 23 heavy (non-hydrogen) atoms. The highest BCUT2D eigenvalue weighted by molar-refractivity contribution is 5.95. The Morgan fingerprint density at radius 3 is 3.00 bits per heavy atom. The van der Waals surface area contributed by atoms with E-state index in [1.54, 1.807) is 4.68 Å². The lowest BCUT2D eigenvalue weighted by Gasteiger charge is -2.18. The fourth-order valence-electron chi connectivity index (χ4n) is 3.01. The summed E-state index contributed by atoms with van der Waals surface area (Å²) in [7, 11) is 1.89. The van der Waals surface area contributed by atoms with Crippen LogP contribution in [0.3, 0.4) is 0 Å². The topological polar surface area (TPSA) is 68.2 Å². The smallest absolute Gasteiger partial charge is 0.229 e. The van der Waals surface area contributed by atoms with Crippen molar-refractivity contribution in [3.8, 4) is 5.75 Å². The Kier molecular flexibility index (Phi) is 4.62. The third kappa shape index (κ3) is 3.37. The summed E-state index contributed by atoms with van der Waals surface area (Å²) in [6, 6.07) is 7.52. The first-order chi connectivity index (χ1) is 11.2. The van der Waals surface area contributed by atoms with Crippen molar-refractivity contribution in [2.75, 3.05) is 25.0 Å². The molecule has 2 heterocycles. The standard InChI is InChI=1S/C17H22N4O2/c1-3-23-16-7-5-4-6-15(16)20-17(22)14-10-18-9-13(14)12-8-19-21(2)11-12/h4-8,11,13-14,18H,3,9-10H2,1-2H3,(H,20,22)/t13-,14+/m1/s1. The Labute approximate surface area is 135 Å². The first kappa shape index (κ1) is 15.6. The molecular weight excluding hydrogens is 292 g/mol. The molecule has 1 aliphatic rings. The molecule has 2 atom stereocenters. The number of nitrogens with one attached hydrogen (secondary N) is 2. The number of ether oxygens (including phenoxy) is 1. The van der Waals surface area contributed by atoms with Crippen LogP contribution in [0.2, 0.25) is 0 Å². The Bertz CT molecular complexity index is 683. The highest BCUT2D eigenvalue weighted by atomic mass is 16.5. The Morgan fingerprint density at radius 1 is 1.43 bits per heavy atom. The van der Waals surface area contributed by atoms with Gasteiger partial charge in [0, 0.05) is 32.3 Å². The Morgan fingerprint density at radius 2 is 2.26 bits per heavy atom. The largest absolute Gasteiger partial charge is 0.492 e. The third-order valence-electron chi connectivity index (χ3n) is 4.15. The molecule has 1 amide bonds. The molecule has 1 aromatic heterocycles. The number of aryl methyl sites for hydroxylation is 1. The summed E-state index contributed by atoms with van der Waals surface area (Å²) < 4.78 is 7.34. The van der Waals surface area contributed by atoms with Crippen LogP contribution in [-0.2, 0) is 11.8 Å². The number of hydrogen-bond acceptors (Lipinski definition) is 4. The van der Waals surface area contributed by atoms with Crippen molar-refractivity contribution in [2.24, 2.45) is 13.0 Å². The number of para-hydroxylation sites is 2. The maximum Gasteiger partial charge on any atom is 0.229 e. The van der Waals surface area contributed by atoms with Crippen LogP contribution in [0, 0.1) is 5.92 Å². The molecule has 0 bridgehead atoms. The molecule has 2 aromatic rings. The first-order valence-corrected chi connectivity index (χ1v) is 7.91. The number of rotatable bonds is 5. The molecule has 0 radical (unpaired) electrons. The zero-order valence-corrected chi connectivity index (χ0v) is 13.5. The second kappa shape index (κ2) is 6.83. The lowest BCUT2D eigenvalue weighted by molar-refractivity contribution is -0.119. The average molecular weight is 314 g/mol. The predicted octanol–water partition coefficient (Wildman–Crippen LogP) is 1.76. The summed E-state index contributed by atoms with van der Waals surface area (Å²) in [5, 5.41) is 10.5. The minimum absolute atomic E-state index is 0.0102. The fourth-order valence-corrected chi connectivity index (χ4v) is 3.01. The van der Waals surface area contributed by atoms with E-state index in [0.29, 0.717) is 18.9 Å². The van der Waals surface area contributed by atoms with Gasteiger partial charge in [-0.25, -0.2) is 0 Å². The lowest BCUT2D eigenvalue weighted by atomic mass is 9.90. The molecule has 0 saturated carbocycles. The van der Waals surface area contributed by atoms with Gasteiger partial charge in [-0.1, -0.05) is 12.1 Å². The number of aromatic nitrogens is 2. The molecule has 1 fully saturated rings. The van der Waals surface area contributed by atoms with Gasteiger partial charge in [0.2, 0.25) is 5.91 Å². The van der Waals surface area contributed by atoms with Gasteiger partial charge in [0.1, 0.15) is 5.75 Å². The number of carbonyl (C=O) groups is 1. The maximum absolute atomic E-state index is 12.7. The maximum atomic E-state index is 12.7. The van der Waals surface area contributed by atoms with Crippen LogP contribution in [-0.4, -0.2) is 35.4 Å². The SMILES string of the molecule is CCOc1ccccc1NC(=O)[C@H]1CNC[C@@H]1c1cnn(C)c1. The normalized spacial score (nSPS) is 20.4. The van der Waals surface area contributed by atoms with E-state index in [2.05, 4.69) is 15.7 Å². The molecule has 122 valence electrons. The van der Waals surface area contributed by atoms with E-state index >= 15 is 0 Å². The van der Waals surface area contributed by atoms with E-state index in [4.69, 9.17) is 4.74 Å². The predicted molar refractivity (Wildman–Crippen MR) is 88.5 cm³/mol. The van der Waals surface area contributed by atoms with Crippen molar-refractivity contribution < 1.29 is 9.53 Å². The highest BCUT2D eigenvalue weighted by Crippen LogP contribution is 2.30. The molecule has 2 N–H and O–H groups in total. The molecule has 0 unspecified atom stereocenters. The number of amides is 1. The van der Waals surface area contributed by atoms with Crippen LogP contribution in [0.15, 0.2) is 36.7 Å². The van der Waals surface area contributed by atoms with E-state index < -0.39 is 0 Å². The van der Waals surface area contributed by atoms with Crippen LogP contribution in [0.25, 0.3) is 0 Å². The summed E-state index contributed by atoms with van der Waals surface area (Å²) in [5.74, 6) is 0.736. The summed E-state index contributed by atoms with van der Waals surface area (Å²) >= 11 is 0. The van der Waals surface area contributed by atoms with Crippen molar-refractivity contribution in [3.63, 3.8) is 0 Å². The molecule has 0 spiro atoms. The van der Waals surface area contributed by atoms with E-state index in [0.717, 1.165) is 17.8 Å². The third-order valence-corrected chi connectivity index (χ3v) is 4.15. The van der Waals surface area contributed by atoms with E-state index in [-0.39, 0.29) is 17.7 Å². The minimum Gasteiger partial charge on any atom is -0.492 e. The highest BCUT2D eigenvalue weighted by Gasteiger charge is 2.34. The van der Waals surface area contributed by atoms with Crippen LogP contribution in [0.4, 0.5) is 5.69 Å². The summed E-state index contributed by atoms with van der Waals surface area (Å²) in [6.07, 6.45) is 3.82. The first-order valence-electron chi connectivity index (χ1n) is 7.91. The zero-order chi connectivity index (χ0) is 16.2. The van der Waals surface area contributed by atoms with E-state index in [1.807, 2.05) is 50.6 Å². The molecule has 1 aliphatic heterocycles. The van der Waals surface area contributed by atoms with E-state index in [1.165, 1.54) is 0 Å². The molecule has 3 rings (SSSR count). The van der Waals surface area contributed by atoms with Gasteiger partial charge in [-0.15, -0.1) is 0 Å². The molecule has 6 nitrogen and oxygen atoms in total. The molecule has 6 heteroatoms. The number of benzene rings is 1. The van der Waals surface area contributed by atoms with Crippen LogP contribution < -0.4 is 15.4 Å². The number of anilines is 1. The van der Waals surface area contributed by atoms with E-state index in [9.17, 15) is 4.79 Å². The van der Waals surface area contributed by atoms with Crippen LogP contribution in [0.5, 0.6) is 5.75 Å². The molecule has 1 aromatic carbocycles. The minimum atomic E-state index is -0.117. The lowest BCUT2D eigenvalue weighted by Crippen LogP contribution is -2.28. The van der Waals surface area contributed by atoms with Crippen molar-refractivity contribution in [1.82, 2.24) is 15.1 Å². The van der Waals surface area contributed by atoms with Gasteiger partial charge in [0.25, 0.3) is 0 Å². The van der Waals surface area contributed by atoms with Gasteiger partial charge < -0.3 is 15.4 Å². The van der Waals surface area contributed by atoms with Crippen molar-refractivity contribution in [1.29, 1.82) is 0 Å². The van der Waals surface area contributed by atoms with Gasteiger partial charge in [-0.3, -0.25) is 9.48 Å². The van der Waals surface area contributed by atoms with Crippen molar-refractivity contribution in [3.05, 3.63) is 42.2 Å². The molecule has 1 saturated heterocycles. The Balaban J connectivity index is 1.75. The summed E-state index contributed by atoms with van der Waals surface area (Å²) in [5.41, 5.74) is 1.81. The van der Waals surface area contributed by atoms with Gasteiger partial charge in [0.05, 0.1) is 24.4 Å². The number of carbonyl (C=O) groups excluding carboxylic acids is 1. The summed E-state index contributed by atoms with van der Waals surface area (Å²) in [4.78, 5) is 12.7. The average Bonchev–Trinajstić information content (AvgIpc) is 3.18. The van der Waals surface area contributed by atoms with Gasteiger partial charge in [-0.2, -0.15) is 5.10 Å². The second-order valence-corrected chi connectivity index (χ2v) is 5.74. The number of hydrogen-bond donors (Lipinski definition) is 2. The van der Waals surface area contributed by atoms with Crippen LogP contribution >= 0.6 is 0 Å². The van der Waals surface area contributed by atoms with Gasteiger partial charge in [-0.05, 0) is 24.6 Å². The Hall–Kier alpha value is -2.34.